The predicted octanol–water partition coefficient (Wildman–Crippen LogP) is 27.1. The molecule has 2 aliphatic heterocycles. The smallest absolute Gasteiger partial charge is 0.252 e. The summed E-state index contributed by atoms with van der Waals surface area (Å²) in [4.78, 5) is 5.50. The molecule has 4 nitrogen and oxygen atoms in total. The molecule has 0 radical (unpaired) electrons. The molecule has 0 N–H and O–H groups in total. The molecule has 17 aromatic carbocycles. The van der Waals surface area contributed by atoms with Crippen molar-refractivity contribution < 1.29 is 0 Å². The summed E-state index contributed by atoms with van der Waals surface area (Å²) < 4.78 is 5.15. The average Bonchev–Trinajstić information content (AvgIpc) is 1.30. The zero-order valence-electron chi connectivity index (χ0n) is 64.2. The summed E-state index contributed by atoms with van der Waals surface area (Å²) in [5.74, 6) is 0. The highest BCUT2D eigenvalue weighted by Gasteiger charge is 2.47. The van der Waals surface area contributed by atoms with Gasteiger partial charge in [0.15, 0.2) is 0 Å². The van der Waals surface area contributed by atoms with E-state index in [1.165, 1.54) is 142 Å². The maximum atomic E-state index is 2.75. The topological polar surface area (TPSA) is 16.3 Å². The third-order valence-electron chi connectivity index (χ3n) is 24.2. The molecule has 19 aromatic rings. The Morgan fingerprint density at radius 3 is 0.883 bits per heavy atom. The van der Waals surface area contributed by atoms with E-state index in [9.17, 15) is 0 Å². The second kappa shape index (κ2) is 24.8. The molecule has 0 spiro atoms. The first-order valence-corrected chi connectivity index (χ1v) is 39.3. The Labute approximate surface area is 649 Å². The molecule has 0 aliphatic carbocycles. The molecule has 21 rings (SSSR count). The van der Waals surface area contributed by atoms with Crippen LogP contribution in [0, 0.1) is 0 Å². The highest BCUT2D eigenvalue weighted by molar-refractivity contribution is 7.00. The number of nitrogens with zero attached hydrogens (tertiary/aromatic N) is 4. The van der Waals surface area contributed by atoms with Gasteiger partial charge in [0.2, 0.25) is 0 Å². The number of anilines is 6. The third-order valence-corrected chi connectivity index (χ3v) is 24.2. The van der Waals surface area contributed by atoms with Gasteiger partial charge < -0.3 is 18.9 Å². The average molecular weight is 1420 g/mol. The van der Waals surface area contributed by atoms with Crippen molar-refractivity contribution in [3.05, 3.63) is 356 Å². The third kappa shape index (κ3) is 10.5. The van der Waals surface area contributed by atoms with Crippen molar-refractivity contribution in [3.63, 3.8) is 0 Å². The lowest BCUT2D eigenvalue weighted by atomic mass is 9.33. The van der Waals surface area contributed by atoms with Crippen LogP contribution in [0.4, 0.5) is 34.1 Å². The van der Waals surface area contributed by atoms with Crippen LogP contribution in [-0.4, -0.2) is 15.8 Å². The Morgan fingerprint density at radius 1 is 0.234 bits per heavy atom. The molecule has 2 aliphatic rings. The Kier molecular flexibility index (Phi) is 14.8. The fraction of sp³-hybridized carbons (Fsp3) is 0.113. The van der Waals surface area contributed by atoms with E-state index in [-0.39, 0.29) is 23.0 Å². The first kappa shape index (κ1) is 66.3. The SMILES string of the molecule is CC(C)(C)c1cc(-c2ccccc2)c(N2c3cc(-n4c5cc6ccccc6cc5c5c6ccccc6ccc54)ccc3B3c4ccc(-n5c6cc7ccccc7cc6c6c7ccccc7ccc65)cc4N(c4c(-c5ccccc5)cc(C(C)(C)C)cc4-c4ccccc4)c4cc(C(C)(C)C)cc2c43)c(-c2ccccc2)c1. The minimum absolute atomic E-state index is 0.209. The van der Waals surface area contributed by atoms with Gasteiger partial charge in [0.1, 0.15) is 0 Å². The van der Waals surface area contributed by atoms with Crippen LogP contribution in [0.15, 0.2) is 340 Å². The molecule has 530 valence electrons. The van der Waals surface area contributed by atoms with Crippen LogP contribution in [0.1, 0.15) is 79.0 Å². The number of aromatic nitrogens is 2. The molecule has 0 saturated carbocycles. The highest BCUT2D eigenvalue weighted by Crippen LogP contribution is 2.56. The second-order valence-electron chi connectivity index (χ2n) is 34.0. The lowest BCUT2D eigenvalue weighted by molar-refractivity contribution is 0.590. The van der Waals surface area contributed by atoms with Gasteiger partial charge in [0.25, 0.3) is 6.71 Å². The maximum absolute atomic E-state index is 2.75. The molecule has 0 fully saturated rings. The summed E-state index contributed by atoms with van der Waals surface area (Å²) in [7, 11) is 0. The Bertz CT molecular complexity index is 6530. The van der Waals surface area contributed by atoms with Crippen molar-refractivity contribution in [1.82, 2.24) is 9.13 Å². The van der Waals surface area contributed by atoms with Crippen molar-refractivity contribution in [2.24, 2.45) is 0 Å². The van der Waals surface area contributed by atoms with E-state index in [1.807, 2.05) is 0 Å². The fourth-order valence-corrected chi connectivity index (χ4v) is 18.6. The van der Waals surface area contributed by atoms with Crippen LogP contribution in [-0.2, 0) is 16.2 Å². The van der Waals surface area contributed by atoms with Gasteiger partial charge in [-0.3, -0.25) is 0 Å². The van der Waals surface area contributed by atoms with Gasteiger partial charge in [-0.15, -0.1) is 0 Å². The van der Waals surface area contributed by atoms with Gasteiger partial charge >= 0.3 is 0 Å². The minimum atomic E-state index is -0.354. The summed E-state index contributed by atoms with van der Waals surface area (Å²) in [5, 5.41) is 14.8. The van der Waals surface area contributed by atoms with Gasteiger partial charge in [-0.2, -0.15) is 0 Å². The number of hydrogen-bond acceptors (Lipinski definition) is 2. The molecule has 2 aromatic heterocycles. The van der Waals surface area contributed by atoms with Crippen LogP contribution in [0.25, 0.3) is 143 Å². The van der Waals surface area contributed by atoms with E-state index in [4.69, 9.17) is 0 Å². The van der Waals surface area contributed by atoms with Gasteiger partial charge in [-0.25, -0.2) is 0 Å². The van der Waals surface area contributed by atoms with Gasteiger partial charge in [-0.1, -0.05) is 305 Å². The number of benzene rings is 17. The molecule has 0 saturated heterocycles. The first-order valence-electron chi connectivity index (χ1n) is 39.3. The summed E-state index contributed by atoms with van der Waals surface area (Å²) in [6, 6.07) is 130. The number of fused-ring (bicyclic) bond motifs is 16. The van der Waals surface area contributed by atoms with Crippen LogP contribution >= 0.6 is 0 Å². The van der Waals surface area contributed by atoms with Gasteiger partial charge in [0, 0.05) is 77.9 Å². The molecule has 111 heavy (non-hydrogen) atoms. The van der Waals surface area contributed by atoms with Crippen molar-refractivity contribution in [1.29, 1.82) is 0 Å². The van der Waals surface area contributed by atoms with Crippen LogP contribution in [0.3, 0.4) is 0 Å². The van der Waals surface area contributed by atoms with Crippen LogP contribution in [0.5, 0.6) is 0 Å². The van der Waals surface area contributed by atoms with E-state index >= 15 is 0 Å². The standard InChI is InChI=1S/C106H83BN4/c1-104(2,3)76-58-83(66-30-14-10-15-31-66)102(84(59-76)67-32-16-11-17-33-67)110-95-64-79(108-91-52-46-70-38-26-28-44-81(70)99(91)87-54-72-40-22-24-42-74(72)56-93(87)108)48-50-89(95)107-90-51-49-80(109-92-53-47-71-39-27-29-45-82(71)100(92)88-55-73-41-23-25-43-75(73)57-94(88)109)65-96(90)111(98-63-78(106(7,8)9)62-97(110)101(98)107)103-85(68-34-18-12-19-35-68)60-77(105(4,5)6)61-86(103)69-36-20-13-21-37-69/h10-65H,1-9H3. The Hall–Kier alpha value is -13.0. The van der Waals surface area contributed by atoms with E-state index in [1.54, 1.807) is 0 Å². The van der Waals surface area contributed by atoms with E-state index < -0.39 is 0 Å². The quantitative estimate of drug-likeness (QED) is 0.141. The largest absolute Gasteiger partial charge is 0.310 e. The predicted molar refractivity (Wildman–Crippen MR) is 477 cm³/mol. The molecule has 0 bridgehead atoms. The summed E-state index contributed by atoms with van der Waals surface area (Å²) in [6.07, 6.45) is 0. The van der Waals surface area contributed by atoms with Crippen molar-refractivity contribution in [2.45, 2.75) is 78.6 Å². The molecule has 0 amide bonds. The van der Waals surface area contributed by atoms with Gasteiger partial charge in [-0.05, 0) is 212 Å². The van der Waals surface area contributed by atoms with E-state index in [2.05, 4.69) is 421 Å². The van der Waals surface area contributed by atoms with Gasteiger partial charge in [0.05, 0.1) is 33.4 Å². The molecule has 0 atom stereocenters. The summed E-state index contributed by atoms with van der Waals surface area (Å²) in [6.45, 7) is 21.2. The molecular formula is C106H83BN4. The van der Waals surface area contributed by atoms with Crippen LogP contribution < -0.4 is 26.2 Å². The lowest BCUT2D eigenvalue weighted by Crippen LogP contribution is -2.61. The van der Waals surface area contributed by atoms with Crippen molar-refractivity contribution in [2.75, 3.05) is 9.80 Å². The fourth-order valence-electron chi connectivity index (χ4n) is 18.6. The Balaban J connectivity index is 0.950. The zero-order chi connectivity index (χ0) is 74.9. The lowest BCUT2D eigenvalue weighted by Gasteiger charge is -2.47. The van der Waals surface area contributed by atoms with E-state index in [0.29, 0.717) is 0 Å². The Morgan fingerprint density at radius 2 is 0.541 bits per heavy atom. The second-order valence-corrected chi connectivity index (χ2v) is 34.0. The normalized spacial score (nSPS) is 13.0. The first-order chi connectivity index (χ1) is 54.0. The zero-order valence-corrected chi connectivity index (χ0v) is 64.2. The number of rotatable bonds is 8. The van der Waals surface area contributed by atoms with Crippen molar-refractivity contribution >= 4 is 144 Å². The van der Waals surface area contributed by atoms with E-state index in [0.717, 1.165) is 67.8 Å². The molecule has 5 heteroatoms. The summed E-state index contributed by atoms with van der Waals surface area (Å²) >= 11 is 0. The molecule has 0 unspecified atom stereocenters. The monoisotopic (exact) mass is 1420 g/mol. The molecule has 4 heterocycles. The highest BCUT2D eigenvalue weighted by atomic mass is 15.2. The minimum Gasteiger partial charge on any atom is -0.310 e. The number of hydrogen-bond donors (Lipinski definition) is 0. The summed E-state index contributed by atoms with van der Waals surface area (Å²) in [5.41, 5.74) is 29.7. The molecular weight excluding hydrogens is 1340 g/mol. The van der Waals surface area contributed by atoms with Crippen LogP contribution in [0.2, 0.25) is 0 Å². The maximum Gasteiger partial charge on any atom is 0.252 e. The van der Waals surface area contributed by atoms with Crippen molar-refractivity contribution in [3.8, 4) is 55.9 Å².